The number of likely N-dealkylation sites (N-methyl/N-ethyl adjacent to an activating group) is 1. The first-order chi connectivity index (χ1) is 12.4. The number of nitrogens with one attached hydrogen (secondary N) is 2. The predicted octanol–water partition coefficient (Wildman–Crippen LogP) is 1.53. The molecule has 1 heterocycles. The second-order valence-corrected chi connectivity index (χ2v) is 7.31. The standard InChI is InChI=1S/C18H27N5O3/c1-13(22-9-7-21(2)8-10-22)12-19-16-6-3-14(11-17(16)23(25)26)18(24)20-15-4-5-15/h3,6,11,13,15,19H,4-5,7-10,12H2,1-2H3,(H,20,24). The number of nitrogens with zero attached hydrogens (tertiary/aromatic N) is 3. The molecule has 8 heteroatoms. The summed E-state index contributed by atoms with van der Waals surface area (Å²) in [5, 5.41) is 17.5. The summed E-state index contributed by atoms with van der Waals surface area (Å²) in [6.07, 6.45) is 1.97. The van der Waals surface area contributed by atoms with Crippen molar-refractivity contribution in [2.45, 2.75) is 31.8 Å². The second kappa shape index (κ2) is 8.01. The molecule has 8 nitrogen and oxygen atoms in total. The first-order valence-electron chi connectivity index (χ1n) is 9.20. The van der Waals surface area contributed by atoms with Crippen LogP contribution in [0.4, 0.5) is 11.4 Å². The van der Waals surface area contributed by atoms with Gasteiger partial charge in [-0.1, -0.05) is 0 Å². The van der Waals surface area contributed by atoms with Crippen LogP contribution in [0.3, 0.4) is 0 Å². The molecule has 1 aliphatic heterocycles. The number of benzene rings is 1. The van der Waals surface area contributed by atoms with Gasteiger partial charge < -0.3 is 15.5 Å². The van der Waals surface area contributed by atoms with E-state index in [4.69, 9.17) is 0 Å². The largest absolute Gasteiger partial charge is 0.378 e. The molecule has 1 aromatic rings. The molecule has 0 spiro atoms. The quantitative estimate of drug-likeness (QED) is 0.565. The zero-order valence-corrected chi connectivity index (χ0v) is 15.4. The zero-order valence-electron chi connectivity index (χ0n) is 15.4. The molecule has 0 aromatic heterocycles. The Kier molecular flexibility index (Phi) is 5.73. The molecule has 0 radical (unpaired) electrons. The number of anilines is 1. The summed E-state index contributed by atoms with van der Waals surface area (Å²) >= 11 is 0. The third-order valence-corrected chi connectivity index (χ3v) is 5.12. The predicted molar refractivity (Wildman–Crippen MR) is 101 cm³/mol. The molecule has 0 bridgehead atoms. The molecule has 1 amide bonds. The highest BCUT2D eigenvalue weighted by Crippen LogP contribution is 2.27. The molecule has 1 saturated heterocycles. The number of carbonyl (C=O) groups is 1. The Bertz CT molecular complexity index is 669. The van der Waals surface area contributed by atoms with Crippen LogP contribution in [-0.4, -0.2) is 72.5 Å². The highest BCUT2D eigenvalue weighted by atomic mass is 16.6. The maximum atomic E-state index is 12.1. The third-order valence-electron chi connectivity index (χ3n) is 5.12. The Morgan fingerprint density at radius 1 is 1.31 bits per heavy atom. The van der Waals surface area contributed by atoms with Crippen LogP contribution < -0.4 is 10.6 Å². The van der Waals surface area contributed by atoms with E-state index in [9.17, 15) is 14.9 Å². The number of amides is 1. The Morgan fingerprint density at radius 3 is 2.62 bits per heavy atom. The van der Waals surface area contributed by atoms with Gasteiger partial charge in [0.25, 0.3) is 11.6 Å². The molecule has 2 aliphatic rings. The molecule has 2 fully saturated rings. The fourth-order valence-corrected chi connectivity index (χ4v) is 3.12. The lowest BCUT2D eigenvalue weighted by Crippen LogP contribution is -2.49. The summed E-state index contributed by atoms with van der Waals surface area (Å²) in [6, 6.07) is 5.15. The highest BCUT2D eigenvalue weighted by molar-refractivity contribution is 5.96. The van der Waals surface area contributed by atoms with Crippen LogP contribution in [0.15, 0.2) is 18.2 Å². The SMILES string of the molecule is CC(CNc1ccc(C(=O)NC2CC2)cc1[N+](=O)[O-])N1CCN(C)CC1. The van der Waals surface area contributed by atoms with Gasteiger partial charge in [-0.2, -0.15) is 0 Å². The van der Waals surface area contributed by atoms with Crippen molar-refractivity contribution in [3.05, 3.63) is 33.9 Å². The topological polar surface area (TPSA) is 90.7 Å². The van der Waals surface area contributed by atoms with E-state index in [2.05, 4.69) is 34.4 Å². The average molecular weight is 361 g/mol. The minimum absolute atomic E-state index is 0.0565. The van der Waals surface area contributed by atoms with Crippen molar-refractivity contribution >= 4 is 17.3 Å². The summed E-state index contributed by atoms with van der Waals surface area (Å²) in [6.45, 7) is 6.83. The van der Waals surface area contributed by atoms with Crippen LogP contribution >= 0.6 is 0 Å². The second-order valence-electron chi connectivity index (χ2n) is 7.31. The molecule has 1 aromatic carbocycles. The lowest BCUT2D eigenvalue weighted by Gasteiger charge is -2.36. The van der Waals surface area contributed by atoms with Gasteiger partial charge in [0.2, 0.25) is 0 Å². The van der Waals surface area contributed by atoms with Gasteiger partial charge in [-0.3, -0.25) is 19.8 Å². The van der Waals surface area contributed by atoms with Gasteiger partial charge in [0.1, 0.15) is 5.69 Å². The van der Waals surface area contributed by atoms with E-state index < -0.39 is 4.92 Å². The minimum atomic E-state index is -0.434. The maximum absolute atomic E-state index is 12.1. The summed E-state index contributed by atoms with van der Waals surface area (Å²) in [5.74, 6) is -0.243. The van der Waals surface area contributed by atoms with Gasteiger partial charge in [-0.05, 0) is 38.9 Å². The van der Waals surface area contributed by atoms with Gasteiger partial charge >= 0.3 is 0 Å². The maximum Gasteiger partial charge on any atom is 0.293 e. The van der Waals surface area contributed by atoms with Crippen LogP contribution in [0.25, 0.3) is 0 Å². The van der Waals surface area contributed by atoms with Crippen molar-refractivity contribution in [2.75, 3.05) is 45.1 Å². The van der Waals surface area contributed by atoms with Crippen molar-refractivity contribution in [1.29, 1.82) is 0 Å². The van der Waals surface area contributed by atoms with Crippen LogP contribution in [0.5, 0.6) is 0 Å². The Balaban J connectivity index is 1.62. The number of hydrogen-bond donors (Lipinski definition) is 2. The summed E-state index contributed by atoms with van der Waals surface area (Å²) < 4.78 is 0. The summed E-state index contributed by atoms with van der Waals surface area (Å²) in [5.41, 5.74) is 0.735. The van der Waals surface area contributed by atoms with Gasteiger partial charge in [-0.15, -0.1) is 0 Å². The fraction of sp³-hybridized carbons (Fsp3) is 0.611. The molecule has 2 N–H and O–H groups in total. The first kappa shape index (κ1) is 18.6. The van der Waals surface area contributed by atoms with Gasteiger partial charge in [0.15, 0.2) is 0 Å². The fourth-order valence-electron chi connectivity index (χ4n) is 3.12. The van der Waals surface area contributed by atoms with Crippen molar-refractivity contribution < 1.29 is 9.72 Å². The van der Waals surface area contributed by atoms with E-state index in [1.165, 1.54) is 6.07 Å². The van der Waals surface area contributed by atoms with Gasteiger partial charge in [0.05, 0.1) is 4.92 Å². The first-order valence-corrected chi connectivity index (χ1v) is 9.20. The Labute approximate surface area is 153 Å². The van der Waals surface area contributed by atoms with Crippen LogP contribution in [-0.2, 0) is 0 Å². The van der Waals surface area contributed by atoms with Crippen LogP contribution in [0, 0.1) is 10.1 Å². The zero-order chi connectivity index (χ0) is 18.7. The van der Waals surface area contributed by atoms with Crippen LogP contribution in [0.2, 0.25) is 0 Å². The van der Waals surface area contributed by atoms with Crippen molar-refractivity contribution in [3.63, 3.8) is 0 Å². The lowest BCUT2D eigenvalue weighted by atomic mass is 10.1. The molecular weight excluding hydrogens is 334 g/mol. The van der Waals surface area contributed by atoms with E-state index in [1.807, 2.05) is 0 Å². The normalized spacial score (nSPS) is 19.8. The van der Waals surface area contributed by atoms with Crippen molar-refractivity contribution in [3.8, 4) is 0 Å². The van der Waals surface area contributed by atoms with E-state index in [1.54, 1.807) is 12.1 Å². The molecule has 1 unspecified atom stereocenters. The number of carbonyl (C=O) groups excluding carboxylic acids is 1. The number of rotatable bonds is 7. The van der Waals surface area contributed by atoms with Crippen LogP contribution in [0.1, 0.15) is 30.1 Å². The number of nitro groups is 1. The third kappa shape index (κ3) is 4.70. The summed E-state index contributed by atoms with van der Waals surface area (Å²) in [7, 11) is 2.12. The number of hydrogen-bond acceptors (Lipinski definition) is 6. The smallest absolute Gasteiger partial charge is 0.293 e. The van der Waals surface area contributed by atoms with E-state index in [0.717, 1.165) is 39.0 Å². The van der Waals surface area contributed by atoms with E-state index >= 15 is 0 Å². The number of piperazine rings is 1. The van der Waals surface area contributed by atoms with E-state index in [0.29, 0.717) is 17.8 Å². The molecule has 142 valence electrons. The molecule has 1 atom stereocenters. The van der Waals surface area contributed by atoms with Crippen molar-refractivity contribution in [2.24, 2.45) is 0 Å². The molecule has 1 aliphatic carbocycles. The molecule has 1 saturated carbocycles. The Hall–Kier alpha value is -2.19. The molecule has 3 rings (SSSR count). The average Bonchev–Trinajstić information content (AvgIpc) is 3.44. The molecule has 26 heavy (non-hydrogen) atoms. The lowest BCUT2D eigenvalue weighted by molar-refractivity contribution is -0.384. The summed E-state index contributed by atoms with van der Waals surface area (Å²) in [4.78, 5) is 27.8. The van der Waals surface area contributed by atoms with E-state index in [-0.39, 0.29) is 23.7 Å². The molecular formula is C18H27N5O3. The highest BCUT2D eigenvalue weighted by Gasteiger charge is 2.25. The number of nitro benzene ring substituents is 1. The monoisotopic (exact) mass is 361 g/mol. The van der Waals surface area contributed by atoms with Crippen molar-refractivity contribution in [1.82, 2.24) is 15.1 Å². The van der Waals surface area contributed by atoms with Gasteiger partial charge in [0, 0.05) is 56.4 Å². The Morgan fingerprint density at radius 2 is 2.00 bits per heavy atom. The minimum Gasteiger partial charge on any atom is -0.378 e. The van der Waals surface area contributed by atoms with Gasteiger partial charge in [-0.25, -0.2) is 0 Å².